The molecule has 0 radical (unpaired) electrons. The Morgan fingerprint density at radius 3 is 1.49 bits per heavy atom. The average Bonchev–Trinajstić information content (AvgIpc) is 2.93. The molecule has 43 heavy (non-hydrogen) atoms. The van der Waals surface area contributed by atoms with Gasteiger partial charge in [0.25, 0.3) is 0 Å². The van der Waals surface area contributed by atoms with Crippen molar-refractivity contribution >= 4 is 19.8 Å². The van der Waals surface area contributed by atoms with E-state index in [0.717, 1.165) is 32.1 Å². The van der Waals surface area contributed by atoms with Crippen molar-refractivity contribution in [2.45, 2.75) is 155 Å². The maximum atomic E-state index is 12.5. The van der Waals surface area contributed by atoms with E-state index in [0.29, 0.717) is 23.9 Å². The molecule has 0 aromatic carbocycles. The highest BCUT2D eigenvalue weighted by Gasteiger charge is 2.27. The van der Waals surface area contributed by atoms with Crippen LogP contribution >= 0.6 is 7.82 Å². The zero-order chi connectivity index (χ0) is 32.2. The molecule has 9 nitrogen and oxygen atoms in total. The largest absolute Gasteiger partial charge is 0.472 e. The van der Waals surface area contributed by atoms with Crippen LogP contribution in [-0.4, -0.2) is 74.9 Å². The van der Waals surface area contributed by atoms with Crippen LogP contribution in [0.1, 0.15) is 149 Å². The number of unbranched alkanes of at least 4 members (excludes halogenated alkanes) is 17. The fraction of sp³-hybridized carbons (Fsp3) is 0.939. The molecule has 0 aliphatic rings. The molecule has 2 atom stereocenters. The van der Waals surface area contributed by atoms with E-state index in [9.17, 15) is 19.0 Å². The molecule has 0 amide bonds. The number of carbonyl (C=O) groups excluding carboxylic acids is 2. The zero-order valence-corrected chi connectivity index (χ0v) is 29.3. The third-order valence-corrected chi connectivity index (χ3v) is 8.37. The van der Waals surface area contributed by atoms with E-state index < -0.39 is 26.5 Å². The Morgan fingerprint density at radius 2 is 1.05 bits per heavy atom. The van der Waals surface area contributed by atoms with Crippen molar-refractivity contribution in [3.05, 3.63) is 0 Å². The van der Waals surface area contributed by atoms with Crippen LogP contribution in [0, 0.1) is 0 Å². The highest BCUT2D eigenvalue weighted by atomic mass is 31.2. The third-order valence-electron chi connectivity index (χ3n) is 7.39. The second-order valence-electron chi connectivity index (χ2n) is 12.9. The summed E-state index contributed by atoms with van der Waals surface area (Å²) in [5.41, 5.74) is 0. The molecular formula is C33H67NO8P+. The van der Waals surface area contributed by atoms with Gasteiger partial charge in [0, 0.05) is 12.8 Å². The molecule has 256 valence electrons. The molecule has 0 fully saturated rings. The highest BCUT2D eigenvalue weighted by molar-refractivity contribution is 7.47. The van der Waals surface area contributed by atoms with Gasteiger partial charge in [0.15, 0.2) is 6.10 Å². The van der Waals surface area contributed by atoms with Crippen LogP contribution in [0.4, 0.5) is 0 Å². The summed E-state index contributed by atoms with van der Waals surface area (Å²) in [5, 5.41) is 0. The molecular weight excluding hydrogens is 569 g/mol. The van der Waals surface area contributed by atoms with Crippen molar-refractivity contribution < 1.29 is 42.1 Å². The Hall–Kier alpha value is -0.990. The highest BCUT2D eigenvalue weighted by Crippen LogP contribution is 2.43. The Labute approximate surface area is 264 Å². The van der Waals surface area contributed by atoms with Crippen molar-refractivity contribution in [2.24, 2.45) is 0 Å². The third kappa shape index (κ3) is 30.8. The Morgan fingerprint density at radius 1 is 0.628 bits per heavy atom. The minimum Gasteiger partial charge on any atom is -0.462 e. The van der Waals surface area contributed by atoms with Gasteiger partial charge >= 0.3 is 19.8 Å². The topological polar surface area (TPSA) is 108 Å². The minimum atomic E-state index is -4.35. The molecule has 0 rings (SSSR count). The van der Waals surface area contributed by atoms with E-state index >= 15 is 0 Å². The van der Waals surface area contributed by atoms with Crippen LogP contribution in [0.2, 0.25) is 0 Å². The van der Waals surface area contributed by atoms with Crippen molar-refractivity contribution in [3.8, 4) is 0 Å². The summed E-state index contributed by atoms with van der Waals surface area (Å²) in [7, 11) is 1.48. The van der Waals surface area contributed by atoms with Gasteiger partial charge in [0.1, 0.15) is 19.8 Å². The van der Waals surface area contributed by atoms with E-state index in [-0.39, 0.29) is 25.6 Å². The first-order valence-electron chi connectivity index (χ1n) is 17.3. The predicted molar refractivity (Wildman–Crippen MR) is 174 cm³/mol. The van der Waals surface area contributed by atoms with Gasteiger partial charge in [-0.05, 0) is 12.8 Å². The number of quaternary nitrogens is 1. The Balaban J connectivity index is 4.49. The molecule has 0 aliphatic carbocycles. The number of hydrogen-bond donors (Lipinski definition) is 1. The lowest BCUT2D eigenvalue weighted by Crippen LogP contribution is -2.37. The molecule has 0 saturated heterocycles. The summed E-state index contributed by atoms with van der Waals surface area (Å²) < 4.78 is 34.0. The van der Waals surface area contributed by atoms with Crippen molar-refractivity contribution in [1.82, 2.24) is 0 Å². The van der Waals surface area contributed by atoms with Gasteiger partial charge in [-0.2, -0.15) is 0 Å². The molecule has 0 aliphatic heterocycles. The smallest absolute Gasteiger partial charge is 0.462 e. The minimum absolute atomic E-state index is 0.0359. The first kappa shape index (κ1) is 42.0. The fourth-order valence-electron chi connectivity index (χ4n) is 4.60. The van der Waals surface area contributed by atoms with Crippen LogP contribution in [0.25, 0.3) is 0 Å². The molecule has 0 spiro atoms. The van der Waals surface area contributed by atoms with Gasteiger partial charge in [-0.25, -0.2) is 4.57 Å². The molecule has 0 bridgehead atoms. The molecule has 10 heteroatoms. The molecule has 0 saturated carbocycles. The second-order valence-corrected chi connectivity index (χ2v) is 14.4. The molecule has 0 heterocycles. The number of phosphoric acid groups is 1. The van der Waals surface area contributed by atoms with E-state index in [1.54, 1.807) is 0 Å². The summed E-state index contributed by atoms with van der Waals surface area (Å²) in [5.74, 6) is -0.799. The standard InChI is InChI=1S/C33H66NO8P/c1-6-8-10-12-14-16-18-20-22-24-26-33(36)42-31(30-41-43(37,38)40-28-27-34(3,4)5)29-39-32(35)25-23-21-19-17-15-13-11-9-7-2/h31H,6-30H2,1-5H3/p+1/t31-/m1/s1. The van der Waals surface area contributed by atoms with Gasteiger partial charge in [-0.15, -0.1) is 0 Å². The van der Waals surface area contributed by atoms with Crippen LogP contribution in [-0.2, 0) is 32.7 Å². The van der Waals surface area contributed by atoms with Crippen LogP contribution in [0.15, 0.2) is 0 Å². The number of nitrogens with zero attached hydrogens (tertiary/aromatic N) is 1. The van der Waals surface area contributed by atoms with Gasteiger partial charge in [-0.1, -0.05) is 123 Å². The van der Waals surface area contributed by atoms with E-state index in [1.807, 2.05) is 21.1 Å². The van der Waals surface area contributed by atoms with Gasteiger partial charge in [0.05, 0.1) is 27.7 Å². The molecule has 0 aromatic heterocycles. The van der Waals surface area contributed by atoms with Gasteiger partial charge < -0.3 is 18.9 Å². The Kier molecular flexibility index (Phi) is 26.7. The molecule has 1 unspecified atom stereocenters. The quantitative estimate of drug-likeness (QED) is 0.0349. The van der Waals surface area contributed by atoms with Crippen molar-refractivity contribution in [2.75, 3.05) is 47.5 Å². The number of ether oxygens (including phenoxy) is 2. The maximum absolute atomic E-state index is 12.5. The summed E-state index contributed by atoms with van der Waals surface area (Å²) in [4.78, 5) is 34.9. The van der Waals surface area contributed by atoms with E-state index in [1.165, 1.54) is 83.5 Å². The lowest BCUT2D eigenvalue weighted by Gasteiger charge is -2.24. The number of phosphoric ester groups is 1. The van der Waals surface area contributed by atoms with Crippen LogP contribution < -0.4 is 0 Å². The number of carbonyl (C=O) groups is 2. The molecule has 1 N–H and O–H groups in total. The normalized spacial score (nSPS) is 13.9. The van der Waals surface area contributed by atoms with Crippen molar-refractivity contribution in [3.63, 3.8) is 0 Å². The number of rotatable bonds is 31. The first-order chi connectivity index (χ1) is 20.5. The maximum Gasteiger partial charge on any atom is 0.472 e. The number of hydrogen-bond acceptors (Lipinski definition) is 7. The van der Waals surface area contributed by atoms with Gasteiger partial charge in [0.2, 0.25) is 0 Å². The summed E-state index contributed by atoms with van der Waals surface area (Å²) in [6.45, 7) is 4.37. The Bertz CT molecular complexity index is 728. The zero-order valence-electron chi connectivity index (χ0n) is 28.5. The first-order valence-corrected chi connectivity index (χ1v) is 18.8. The summed E-state index contributed by atoms with van der Waals surface area (Å²) >= 11 is 0. The monoisotopic (exact) mass is 636 g/mol. The fourth-order valence-corrected chi connectivity index (χ4v) is 5.34. The summed E-state index contributed by atoms with van der Waals surface area (Å²) in [6.07, 6.45) is 21.5. The predicted octanol–water partition coefficient (Wildman–Crippen LogP) is 8.51. The van der Waals surface area contributed by atoms with Crippen molar-refractivity contribution in [1.29, 1.82) is 0 Å². The number of likely N-dealkylation sites (N-methyl/N-ethyl adjacent to an activating group) is 1. The van der Waals surface area contributed by atoms with Crippen LogP contribution in [0.5, 0.6) is 0 Å². The second kappa shape index (κ2) is 27.3. The lowest BCUT2D eigenvalue weighted by molar-refractivity contribution is -0.870. The van der Waals surface area contributed by atoms with Crippen LogP contribution in [0.3, 0.4) is 0 Å². The van der Waals surface area contributed by atoms with E-state index in [2.05, 4.69) is 13.8 Å². The molecule has 0 aromatic rings. The summed E-state index contributed by atoms with van der Waals surface area (Å²) in [6, 6.07) is 0. The lowest BCUT2D eigenvalue weighted by atomic mass is 10.1. The van der Waals surface area contributed by atoms with Gasteiger partial charge in [-0.3, -0.25) is 18.6 Å². The SMILES string of the molecule is CCCCCCCCCCCCC(=O)O[C@H](COC(=O)CCCCCCCCCCC)COP(=O)(O)OCC[N+](C)(C)C. The van der Waals surface area contributed by atoms with E-state index in [4.69, 9.17) is 18.5 Å². The number of esters is 2. The average molecular weight is 637 g/mol.